The zero-order valence-corrected chi connectivity index (χ0v) is 7.36. The topological polar surface area (TPSA) is 61.8 Å². The highest BCUT2D eigenvalue weighted by molar-refractivity contribution is 7.80. The Bertz CT molecular complexity index is 383. The van der Waals surface area contributed by atoms with Crippen molar-refractivity contribution in [2.75, 3.05) is 5.32 Å². The maximum Gasteiger partial charge on any atom is 0.168 e. The second-order valence-electron chi connectivity index (χ2n) is 2.30. The molecule has 1 aromatic rings. The molecule has 0 heterocycles. The molecule has 0 aromatic heterocycles. The lowest BCUT2D eigenvalue weighted by molar-refractivity contribution is 0.624. The van der Waals surface area contributed by atoms with Gasteiger partial charge in [-0.1, -0.05) is 0 Å². The minimum absolute atomic E-state index is 0.00603. The Labute approximate surface area is 80.0 Å². The SMILES string of the molecule is N#Cc1ccc(NC(N)=S)cc1F. The highest BCUT2D eigenvalue weighted by atomic mass is 32.1. The summed E-state index contributed by atoms with van der Waals surface area (Å²) >= 11 is 4.56. The molecule has 0 spiro atoms. The lowest BCUT2D eigenvalue weighted by Gasteiger charge is -2.03. The van der Waals surface area contributed by atoms with E-state index in [1.54, 1.807) is 6.07 Å². The number of thiocarbonyl (C=S) groups is 1. The van der Waals surface area contributed by atoms with E-state index in [9.17, 15) is 4.39 Å². The Morgan fingerprint density at radius 1 is 1.62 bits per heavy atom. The van der Waals surface area contributed by atoms with Gasteiger partial charge in [-0.3, -0.25) is 0 Å². The summed E-state index contributed by atoms with van der Waals surface area (Å²) in [6.07, 6.45) is 0. The molecule has 0 aliphatic carbocycles. The average Bonchev–Trinajstić information content (AvgIpc) is 2.03. The van der Waals surface area contributed by atoms with Crippen LogP contribution in [0, 0.1) is 17.1 Å². The van der Waals surface area contributed by atoms with Crippen LogP contribution in [0.2, 0.25) is 0 Å². The lowest BCUT2D eigenvalue weighted by Crippen LogP contribution is -2.18. The van der Waals surface area contributed by atoms with E-state index in [4.69, 9.17) is 11.0 Å². The van der Waals surface area contributed by atoms with E-state index < -0.39 is 5.82 Å². The van der Waals surface area contributed by atoms with Gasteiger partial charge >= 0.3 is 0 Å². The normalized spacial score (nSPS) is 8.92. The molecule has 5 heteroatoms. The number of hydrogen-bond donors (Lipinski definition) is 2. The molecule has 66 valence electrons. The summed E-state index contributed by atoms with van der Waals surface area (Å²) in [6, 6.07) is 5.76. The van der Waals surface area contributed by atoms with Crippen molar-refractivity contribution in [3.8, 4) is 6.07 Å². The van der Waals surface area contributed by atoms with Crippen LogP contribution in [-0.4, -0.2) is 5.11 Å². The first kappa shape index (κ1) is 9.42. The number of benzene rings is 1. The quantitative estimate of drug-likeness (QED) is 0.664. The maximum absolute atomic E-state index is 13.0. The van der Waals surface area contributed by atoms with E-state index in [-0.39, 0.29) is 10.7 Å². The summed E-state index contributed by atoms with van der Waals surface area (Å²) in [7, 11) is 0. The number of hydrogen-bond acceptors (Lipinski definition) is 2. The molecule has 0 bridgehead atoms. The summed E-state index contributed by atoms with van der Waals surface area (Å²) in [5, 5.41) is 11.0. The third-order valence-electron chi connectivity index (χ3n) is 1.36. The first-order valence-corrected chi connectivity index (χ1v) is 3.80. The predicted octanol–water partition coefficient (Wildman–Crippen LogP) is 1.35. The number of nitriles is 1. The van der Waals surface area contributed by atoms with Gasteiger partial charge in [-0.05, 0) is 30.4 Å². The molecule has 0 unspecified atom stereocenters. The van der Waals surface area contributed by atoms with Crippen molar-refractivity contribution in [3.63, 3.8) is 0 Å². The van der Waals surface area contributed by atoms with Crippen LogP contribution < -0.4 is 11.1 Å². The molecular weight excluding hydrogens is 189 g/mol. The zero-order valence-electron chi connectivity index (χ0n) is 6.54. The third kappa shape index (κ3) is 2.39. The Hall–Kier alpha value is -1.67. The van der Waals surface area contributed by atoms with Crippen LogP contribution in [0.1, 0.15) is 5.56 Å². The number of nitrogens with one attached hydrogen (secondary N) is 1. The van der Waals surface area contributed by atoms with Crippen molar-refractivity contribution in [1.82, 2.24) is 0 Å². The molecule has 0 radical (unpaired) electrons. The molecule has 3 N–H and O–H groups in total. The van der Waals surface area contributed by atoms with Gasteiger partial charge in [0.1, 0.15) is 11.9 Å². The molecular formula is C8H6FN3S. The Balaban J connectivity index is 2.97. The second kappa shape index (κ2) is 3.83. The molecule has 1 rings (SSSR count). The molecule has 0 fully saturated rings. The van der Waals surface area contributed by atoms with Gasteiger partial charge in [-0.2, -0.15) is 5.26 Å². The zero-order chi connectivity index (χ0) is 9.84. The van der Waals surface area contributed by atoms with E-state index in [2.05, 4.69) is 17.5 Å². The van der Waals surface area contributed by atoms with Gasteiger partial charge in [-0.15, -0.1) is 0 Å². The highest BCUT2D eigenvalue weighted by Crippen LogP contribution is 2.13. The van der Waals surface area contributed by atoms with E-state index >= 15 is 0 Å². The minimum atomic E-state index is -0.594. The summed E-state index contributed by atoms with van der Waals surface area (Å²) in [4.78, 5) is 0. The van der Waals surface area contributed by atoms with Crippen molar-refractivity contribution in [3.05, 3.63) is 29.6 Å². The summed E-state index contributed by atoms with van der Waals surface area (Å²) in [5.41, 5.74) is 5.61. The van der Waals surface area contributed by atoms with Crippen LogP contribution in [0.5, 0.6) is 0 Å². The van der Waals surface area contributed by atoms with Crippen molar-refractivity contribution in [1.29, 1.82) is 5.26 Å². The number of anilines is 1. The number of rotatable bonds is 1. The molecule has 0 amide bonds. The van der Waals surface area contributed by atoms with Crippen molar-refractivity contribution < 1.29 is 4.39 Å². The van der Waals surface area contributed by atoms with Crippen LogP contribution in [-0.2, 0) is 0 Å². The predicted molar refractivity (Wildman–Crippen MR) is 51.5 cm³/mol. The summed E-state index contributed by atoms with van der Waals surface area (Å²) in [6.45, 7) is 0. The molecule has 0 aliphatic heterocycles. The van der Waals surface area contributed by atoms with Gasteiger partial charge in [-0.25, -0.2) is 4.39 Å². The Morgan fingerprint density at radius 3 is 2.77 bits per heavy atom. The molecule has 0 atom stereocenters. The monoisotopic (exact) mass is 195 g/mol. The Kier molecular flexibility index (Phi) is 2.77. The maximum atomic E-state index is 13.0. The van der Waals surface area contributed by atoms with Crippen molar-refractivity contribution in [2.45, 2.75) is 0 Å². The van der Waals surface area contributed by atoms with E-state index in [0.717, 1.165) is 6.07 Å². The molecule has 1 aromatic carbocycles. The second-order valence-corrected chi connectivity index (χ2v) is 2.74. The van der Waals surface area contributed by atoms with Crippen LogP contribution in [0.4, 0.5) is 10.1 Å². The fourth-order valence-corrected chi connectivity index (χ4v) is 0.944. The standard InChI is InChI=1S/C8H6FN3S/c9-7-3-6(12-8(11)13)2-1-5(7)4-10/h1-3H,(H3,11,12,13). The van der Waals surface area contributed by atoms with Gasteiger partial charge in [0.05, 0.1) is 5.56 Å². The van der Waals surface area contributed by atoms with Gasteiger partial charge in [0, 0.05) is 5.69 Å². The van der Waals surface area contributed by atoms with Gasteiger partial charge in [0.2, 0.25) is 0 Å². The van der Waals surface area contributed by atoms with E-state index in [1.165, 1.54) is 12.1 Å². The molecule has 0 aliphatic rings. The molecule has 0 saturated carbocycles. The third-order valence-corrected chi connectivity index (χ3v) is 1.46. The number of nitrogens with zero attached hydrogens (tertiary/aromatic N) is 1. The number of nitrogens with two attached hydrogens (primary N) is 1. The molecule has 0 saturated heterocycles. The first-order valence-electron chi connectivity index (χ1n) is 3.39. The molecule has 13 heavy (non-hydrogen) atoms. The van der Waals surface area contributed by atoms with Crippen LogP contribution in [0.3, 0.4) is 0 Å². The minimum Gasteiger partial charge on any atom is -0.376 e. The van der Waals surface area contributed by atoms with Gasteiger partial charge in [0.15, 0.2) is 5.11 Å². The summed E-state index contributed by atoms with van der Waals surface area (Å²) < 4.78 is 13.0. The fraction of sp³-hybridized carbons (Fsp3) is 0. The average molecular weight is 195 g/mol. The number of halogens is 1. The van der Waals surface area contributed by atoms with E-state index in [1.807, 2.05) is 0 Å². The molecule has 3 nitrogen and oxygen atoms in total. The van der Waals surface area contributed by atoms with Crippen LogP contribution >= 0.6 is 12.2 Å². The first-order chi connectivity index (χ1) is 6.13. The lowest BCUT2D eigenvalue weighted by atomic mass is 10.2. The van der Waals surface area contributed by atoms with Crippen molar-refractivity contribution in [2.24, 2.45) is 5.73 Å². The largest absolute Gasteiger partial charge is 0.376 e. The smallest absolute Gasteiger partial charge is 0.168 e. The summed E-state index contributed by atoms with van der Waals surface area (Å²) in [5.74, 6) is -0.594. The van der Waals surface area contributed by atoms with Gasteiger partial charge in [0.25, 0.3) is 0 Å². The van der Waals surface area contributed by atoms with Crippen molar-refractivity contribution >= 4 is 23.0 Å². The van der Waals surface area contributed by atoms with Gasteiger partial charge < -0.3 is 11.1 Å². The Morgan fingerprint density at radius 2 is 2.31 bits per heavy atom. The van der Waals surface area contributed by atoms with Crippen LogP contribution in [0.25, 0.3) is 0 Å². The van der Waals surface area contributed by atoms with E-state index in [0.29, 0.717) is 5.69 Å². The highest BCUT2D eigenvalue weighted by Gasteiger charge is 2.02. The van der Waals surface area contributed by atoms with Crippen LogP contribution in [0.15, 0.2) is 18.2 Å². The fourth-order valence-electron chi connectivity index (χ4n) is 0.826.